The fourth-order valence-corrected chi connectivity index (χ4v) is 7.03. The fourth-order valence-electron chi connectivity index (χ4n) is 6.26. The molecule has 2 saturated heterocycles. The first-order valence-corrected chi connectivity index (χ1v) is 17.2. The molecule has 8 nitrogen and oxygen atoms in total. The number of aliphatic hydroxyl groups is 1. The molecule has 51 heavy (non-hydrogen) atoms. The van der Waals surface area contributed by atoms with Gasteiger partial charge >= 0.3 is 12.4 Å². The van der Waals surface area contributed by atoms with Crippen LogP contribution in [-0.4, -0.2) is 87.7 Å². The summed E-state index contributed by atoms with van der Waals surface area (Å²) < 4.78 is 101. The molecule has 16 heteroatoms. The van der Waals surface area contributed by atoms with E-state index in [-0.39, 0.29) is 43.2 Å². The van der Waals surface area contributed by atoms with Gasteiger partial charge in [-0.15, -0.1) is 0 Å². The summed E-state index contributed by atoms with van der Waals surface area (Å²) in [5, 5.41) is 14.6. The number of ether oxygens (including phenoxy) is 1. The molecule has 0 unspecified atom stereocenters. The maximum Gasteiger partial charge on any atom is 0.427 e. The molecular weight excluding hydrogens is 705 g/mol. The van der Waals surface area contributed by atoms with E-state index in [0.29, 0.717) is 51.4 Å². The maximum atomic E-state index is 13.7. The monoisotopic (exact) mass is 744 g/mol. The number of rotatable bonds is 8. The third-order valence-electron chi connectivity index (χ3n) is 9.65. The van der Waals surface area contributed by atoms with Crippen molar-refractivity contribution in [3.05, 3.63) is 69.1 Å². The number of carbonyl (C=O) groups excluding carboxylic acids is 2. The van der Waals surface area contributed by atoms with Gasteiger partial charge in [-0.2, -0.15) is 26.3 Å². The molecule has 0 saturated carbocycles. The molecule has 0 bridgehead atoms. The number of nitrogens with one attached hydrogen (secondary N) is 1. The minimum absolute atomic E-state index is 0.0145. The van der Waals surface area contributed by atoms with Crippen molar-refractivity contribution < 1.29 is 50.2 Å². The summed E-state index contributed by atoms with van der Waals surface area (Å²) in [5.74, 6) is -1.69. The van der Waals surface area contributed by atoms with E-state index < -0.39 is 53.0 Å². The summed E-state index contributed by atoms with van der Waals surface area (Å²) in [6, 6.07) is 6.08. The van der Waals surface area contributed by atoms with Crippen LogP contribution in [0.1, 0.15) is 77.7 Å². The van der Waals surface area contributed by atoms with Crippen molar-refractivity contribution in [3.8, 4) is 5.75 Å². The van der Waals surface area contributed by atoms with E-state index >= 15 is 0 Å². The van der Waals surface area contributed by atoms with Crippen molar-refractivity contribution in [1.29, 1.82) is 0 Å². The van der Waals surface area contributed by atoms with Crippen molar-refractivity contribution in [1.82, 2.24) is 14.5 Å². The number of carbonyl (C=O) groups is 2. The van der Waals surface area contributed by atoms with E-state index in [2.05, 4.69) is 10.3 Å². The molecule has 3 aliphatic rings. The van der Waals surface area contributed by atoms with Crippen LogP contribution in [0.5, 0.6) is 5.75 Å². The molecule has 5 rings (SSSR count). The van der Waals surface area contributed by atoms with E-state index in [1.165, 1.54) is 11.9 Å². The zero-order chi connectivity index (χ0) is 37.6. The lowest BCUT2D eigenvalue weighted by atomic mass is 9.89. The van der Waals surface area contributed by atoms with Crippen LogP contribution in [0.2, 0.25) is 0 Å². The van der Waals surface area contributed by atoms with E-state index in [1.807, 2.05) is 29.6 Å². The number of amidine groups is 1. The number of alkyl halides is 7. The van der Waals surface area contributed by atoms with Crippen LogP contribution in [-0.2, 0) is 11.0 Å². The van der Waals surface area contributed by atoms with Crippen LogP contribution in [0.25, 0.3) is 6.08 Å². The number of likely N-dealkylation sites (tertiary alicyclic amines) is 1. The molecule has 278 valence electrons. The van der Waals surface area contributed by atoms with Crippen molar-refractivity contribution in [3.63, 3.8) is 0 Å². The van der Waals surface area contributed by atoms with Crippen molar-refractivity contribution in [2.75, 3.05) is 32.9 Å². The zero-order valence-corrected chi connectivity index (χ0v) is 29.3. The average Bonchev–Trinajstić information content (AvgIpc) is 3.36. The number of benzene rings is 2. The first-order chi connectivity index (χ1) is 23.7. The first-order valence-electron chi connectivity index (χ1n) is 16.3. The number of piperidine rings is 2. The molecule has 3 heterocycles. The lowest BCUT2D eigenvalue weighted by Crippen LogP contribution is -2.47. The van der Waals surface area contributed by atoms with Gasteiger partial charge in [-0.05, 0) is 106 Å². The zero-order valence-electron chi connectivity index (χ0n) is 28.5. The summed E-state index contributed by atoms with van der Waals surface area (Å²) >= 11 is 1.43. The molecule has 0 atom stereocenters. The van der Waals surface area contributed by atoms with E-state index in [1.54, 1.807) is 17.0 Å². The van der Waals surface area contributed by atoms with Gasteiger partial charge in [0.1, 0.15) is 23.8 Å². The summed E-state index contributed by atoms with van der Waals surface area (Å²) in [5.41, 5.74) is -3.66. The predicted octanol–water partition coefficient (Wildman–Crippen LogP) is 7.01. The Morgan fingerprint density at radius 3 is 2.16 bits per heavy atom. The van der Waals surface area contributed by atoms with E-state index in [0.717, 1.165) is 28.8 Å². The van der Waals surface area contributed by atoms with Crippen LogP contribution >= 0.6 is 11.9 Å². The number of aliphatic imine (C=N–C) groups is 1. The number of nitrogens with zero attached hydrogens (tertiary/aromatic N) is 3. The molecular formula is C35H39F7N4O4S. The Kier molecular flexibility index (Phi) is 10.6. The number of halogens is 7. The molecule has 0 aliphatic carbocycles. The highest BCUT2D eigenvalue weighted by molar-refractivity contribution is 8.00. The predicted molar refractivity (Wildman–Crippen MR) is 179 cm³/mol. The summed E-state index contributed by atoms with van der Waals surface area (Å²) in [6.45, 7) is 5.64. The fraction of sp³-hybridized carbons (Fsp3) is 0.514. The highest BCUT2D eigenvalue weighted by Gasteiger charge is 2.51. The Labute approximate surface area is 295 Å². The molecule has 1 spiro atoms. The van der Waals surface area contributed by atoms with Gasteiger partial charge in [0.25, 0.3) is 11.8 Å². The largest absolute Gasteiger partial charge is 0.478 e. The highest BCUT2D eigenvalue weighted by atomic mass is 32.2. The average molecular weight is 745 g/mol. The van der Waals surface area contributed by atoms with Crippen LogP contribution in [0.4, 0.5) is 30.7 Å². The molecule has 2 N–H and O–H groups in total. The van der Waals surface area contributed by atoms with Crippen molar-refractivity contribution in [2.24, 2.45) is 4.99 Å². The standard InChI is InChI=1S/C35H39F7N4O4S/c1-21-17-24(29(47)45-12-8-32(49,20-36)9-13-45)18-22(2)25(21)7-16-51-46-14-10-33(11-15-46)30(48)43-28(44-33)23-5-6-26(34(37,38)39)27(19-23)50-31(3,4)35(40,41)42/h5-7,16-19,49H,8-15,20H2,1-4H3,(H,43,44,48)/b16-7+. The van der Waals surface area contributed by atoms with Crippen LogP contribution in [0, 0.1) is 13.8 Å². The minimum atomic E-state index is -4.99. The highest BCUT2D eigenvalue weighted by Crippen LogP contribution is 2.42. The van der Waals surface area contributed by atoms with E-state index in [4.69, 9.17) is 4.74 Å². The molecule has 2 aromatic carbocycles. The van der Waals surface area contributed by atoms with Gasteiger partial charge in [-0.1, -0.05) is 18.0 Å². The lowest BCUT2D eigenvalue weighted by molar-refractivity contribution is -0.236. The van der Waals surface area contributed by atoms with Crippen molar-refractivity contribution in [2.45, 2.75) is 82.5 Å². The second-order valence-electron chi connectivity index (χ2n) is 13.8. The Hall–Kier alpha value is -3.63. The van der Waals surface area contributed by atoms with Gasteiger partial charge in [0.05, 0.1) is 11.2 Å². The van der Waals surface area contributed by atoms with Gasteiger partial charge in [0.15, 0.2) is 5.60 Å². The lowest BCUT2D eigenvalue weighted by Gasteiger charge is -2.36. The third kappa shape index (κ3) is 8.22. The number of aryl methyl sites for hydroxylation is 2. The normalized spacial score (nSPS) is 19.8. The Morgan fingerprint density at radius 2 is 1.61 bits per heavy atom. The van der Waals surface area contributed by atoms with E-state index in [9.17, 15) is 45.4 Å². The molecule has 0 aromatic heterocycles. The molecule has 2 amide bonds. The number of hydrogen-bond acceptors (Lipinski definition) is 7. The SMILES string of the molecule is Cc1cc(C(=O)N2CCC(O)(CF)CC2)cc(C)c1/C=C/SN1CCC2(CC1)N=C(c1ccc(C(F)(F)F)c(OC(C)(C)C(F)(F)F)c1)NC2=O. The Bertz CT molecular complexity index is 1700. The van der Waals surface area contributed by atoms with Crippen molar-refractivity contribution >= 4 is 35.7 Å². The summed E-state index contributed by atoms with van der Waals surface area (Å²) in [6.07, 6.45) is -7.06. The molecule has 2 fully saturated rings. The topological polar surface area (TPSA) is 94.5 Å². The van der Waals surface area contributed by atoms with Gasteiger partial charge < -0.3 is 20.1 Å². The summed E-state index contributed by atoms with van der Waals surface area (Å²) in [7, 11) is 0. The smallest absolute Gasteiger partial charge is 0.427 e. The molecule has 0 radical (unpaired) electrons. The minimum Gasteiger partial charge on any atom is -0.478 e. The van der Waals surface area contributed by atoms with Gasteiger partial charge in [-0.25, -0.2) is 8.70 Å². The maximum absolute atomic E-state index is 13.7. The molecule has 3 aliphatic heterocycles. The second kappa shape index (κ2) is 14.1. The van der Waals surface area contributed by atoms with Crippen LogP contribution in [0.3, 0.4) is 0 Å². The first kappa shape index (κ1) is 38.6. The van der Waals surface area contributed by atoms with Gasteiger partial charge in [0.2, 0.25) is 0 Å². The molecule has 2 aromatic rings. The van der Waals surface area contributed by atoms with Crippen LogP contribution in [0.15, 0.2) is 40.7 Å². The number of hydrogen-bond donors (Lipinski definition) is 2. The number of amides is 2. The third-order valence-corrected chi connectivity index (χ3v) is 10.6. The summed E-state index contributed by atoms with van der Waals surface area (Å²) in [4.78, 5) is 32.4. The Balaban J connectivity index is 1.23. The second-order valence-corrected chi connectivity index (χ2v) is 14.8. The quantitative estimate of drug-likeness (QED) is 0.223. The van der Waals surface area contributed by atoms with Crippen LogP contribution < -0.4 is 10.1 Å². The Morgan fingerprint density at radius 1 is 1.00 bits per heavy atom. The van der Waals surface area contributed by atoms with Gasteiger partial charge in [0, 0.05) is 37.3 Å². The van der Waals surface area contributed by atoms with Gasteiger partial charge in [-0.3, -0.25) is 14.6 Å².